The van der Waals surface area contributed by atoms with Gasteiger partial charge in [0, 0.05) is 73.0 Å². The number of hydrogen-bond donors (Lipinski definition) is 14. The van der Waals surface area contributed by atoms with Crippen LogP contribution >= 0.6 is 0 Å². The molecule has 0 unspecified atom stereocenters. The van der Waals surface area contributed by atoms with E-state index in [0.29, 0.717) is 44.1 Å². The first-order valence-corrected chi connectivity index (χ1v) is 32.4. The quantitative estimate of drug-likeness (QED) is 0.0522. The minimum atomic E-state index is -1.81. The normalized spacial score (nSPS) is 24.1. The van der Waals surface area contributed by atoms with E-state index >= 15 is 19.2 Å². The summed E-state index contributed by atoms with van der Waals surface area (Å²) in [5.41, 5.74) is 21.4. The number of nitrogens with two attached hydrogens (primary N) is 3. The molecule has 3 fully saturated rings. The maximum absolute atomic E-state index is 15.1. The lowest BCUT2D eigenvalue weighted by atomic mass is 10.0. The molecule has 28 nitrogen and oxygen atoms in total. The fraction of sp³-hybridized carbons (Fsp3) is 0.412. The summed E-state index contributed by atoms with van der Waals surface area (Å²) in [4.78, 5) is 183. The number of nitrogens with zero attached hydrogens (tertiary/aromatic N) is 2. The van der Waals surface area contributed by atoms with Crippen molar-refractivity contribution in [3.05, 3.63) is 144 Å². The molecule has 3 aliphatic heterocycles. The maximum Gasteiger partial charge on any atom is 0.305 e. The lowest BCUT2D eigenvalue weighted by molar-refractivity contribution is -0.146. The number of fused-ring (bicyclic) bond motifs is 4. The highest BCUT2D eigenvalue weighted by Crippen LogP contribution is 2.25. The summed E-state index contributed by atoms with van der Waals surface area (Å²) in [5, 5.41) is 33.5. The number of carboxylic acid groups (broad SMARTS) is 1. The van der Waals surface area contributed by atoms with Gasteiger partial charge in [-0.2, -0.15) is 0 Å². The molecule has 2 aromatic heterocycles. The minimum absolute atomic E-state index is 0.0272. The number of benzene rings is 4. The highest BCUT2D eigenvalue weighted by Gasteiger charge is 2.44. The zero-order chi connectivity index (χ0) is 68.4. The number of primary amides is 1. The molecule has 0 saturated carbocycles. The van der Waals surface area contributed by atoms with Crippen LogP contribution in [0.1, 0.15) is 86.5 Å². The molecule has 9 rings (SSSR count). The number of carbonyl (C=O) groups excluding carboxylic acids is 11. The van der Waals surface area contributed by atoms with Gasteiger partial charge in [-0.25, -0.2) is 0 Å². The predicted molar refractivity (Wildman–Crippen MR) is 352 cm³/mol. The monoisotopic (exact) mass is 1320 g/mol. The molecule has 6 aromatic rings. The Balaban J connectivity index is 1.11. The molecule has 508 valence electrons. The van der Waals surface area contributed by atoms with Crippen LogP contribution in [-0.4, -0.2) is 182 Å². The zero-order valence-electron chi connectivity index (χ0n) is 53.0. The van der Waals surface area contributed by atoms with Gasteiger partial charge in [-0.3, -0.25) is 57.5 Å². The summed E-state index contributed by atoms with van der Waals surface area (Å²) in [5.74, 6) is -11.4. The van der Waals surface area contributed by atoms with E-state index in [9.17, 15) is 43.5 Å². The fourth-order valence-electron chi connectivity index (χ4n) is 12.7. The van der Waals surface area contributed by atoms with Crippen molar-refractivity contribution in [3.8, 4) is 0 Å². The van der Waals surface area contributed by atoms with Gasteiger partial charge in [-0.15, -0.1) is 0 Å². The van der Waals surface area contributed by atoms with Crippen molar-refractivity contribution in [2.24, 2.45) is 17.2 Å². The Hall–Kier alpha value is -10.5. The minimum Gasteiger partial charge on any atom is -0.481 e. The number of hydrogen-bond acceptors (Lipinski definition) is 14. The summed E-state index contributed by atoms with van der Waals surface area (Å²) in [6, 6.07) is 16.6. The fourth-order valence-corrected chi connectivity index (χ4v) is 12.7. The molecule has 3 saturated heterocycles. The van der Waals surface area contributed by atoms with E-state index in [2.05, 4.69) is 52.5 Å². The highest BCUT2D eigenvalue weighted by molar-refractivity contribution is 6.01. The third kappa shape index (κ3) is 18.0. The van der Waals surface area contributed by atoms with Crippen molar-refractivity contribution < 1.29 is 62.6 Å². The lowest BCUT2D eigenvalue weighted by Crippen LogP contribution is -2.62. The van der Waals surface area contributed by atoms with Gasteiger partial charge in [0.1, 0.15) is 60.4 Å². The predicted octanol–water partition coefficient (Wildman–Crippen LogP) is -0.378. The van der Waals surface area contributed by atoms with Crippen LogP contribution in [0.5, 0.6) is 0 Å². The molecule has 3 aliphatic rings. The number of carboxylic acids is 1. The van der Waals surface area contributed by atoms with Crippen molar-refractivity contribution in [2.75, 3.05) is 26.2 Å². The molecule has 0 spiro atoms. The molecule has 5 heterocycles. The Bertz CT molecular complexity index is 3560. The average Bonchev–Trinajstić information content (AvgIpc) is 2.01. The standard InChI is InChI=1S/C68H83N15O13/c69-27-11-23-47-59(87)80-53(35-57(71)84)67(95)82-29-13-25-55(82)65(93)78-49(31-39-15-3-1-4-16-39)61(89)77-52(34-42-38-73-46-22-10-8-20-44(42)46)64(92)75-48(24-12-28-70)60(88)81-54(36-58(85)86)68(96)83-30-14-26-56(83)66(94)79-50(32-40-17-5-2-6-18-40)62(90)76-51(63(91)74-47)33-41-37-72-45-21-9-7-19-43(41)45/h1-10,15-22,37-38,47-56,72-73H,11-14,23-36,69-70H2,(H2,71,84)(H,74,91)(H,75,92)(H,76,90)(H,77,89)(H,78,93)(H,79,94)(H,80,87)(H,81,88)(H,85,86)/t47-,48-,49+,50+,51-,52-,53-,54-,55-,56-/m0/s1. The van der Waals surface area contributed by atoms with Crippen LogP contribution in [0.3, 0.4) is 0 Å². The SMILES string of the molecule is NCCC[C@@H]1NC(=O)[C@H](Cc2c[nH]c3ccccc23)NC(=O)[C@@H](Cc2ccccc2)NC(=O)[C@@H]2CCCN2C(=O)[C@H](CC(=O)O)NC(=O)[C@H](CCCN)NC(=O)[C@H](Cc2c[nH]c3ccccc23)NC(=O)[C@@H](Cc2ccccc2)NC(=O)[C@@H]2CCCN2C(=O)[C@H](CC(N)=O)NC1=O. The number of para-hydroxylation sites is 2. The number of rotatable bonds is 18. The van der Waals surface area contributed by atoms with Crippen LogP contribution in [0.15, 0.2) is 122 Å². The van der Waals surface area contributed by atoms with Crippen LogP contribution < -0.4 is 59.7 Å². The summed E-state index contributed by atoms with van der Waals surface area (Å²) >= 11 is 0. The van der Waals surface area contributed by atoms with Crippen molar-refractivity contribution in [3.63, 3.8) is 0 Å². The molecule has 17 N–H and O–H groups in total. The zero-order valence-corrected chi connectivity index (χ0v) is 53.0. The first-order valence-electron chi connectivity index (χ1n) is 32.4. The Morgan fingerprint density at radius 1 is 0.417 bits per heavy atom. The van der Waals surface area contributed by atoms with Gasteiger partial charge in [0.2, 0.25) is 65.0 Å². The maximum atomic E-state index is 15.1. The molecule has 10 atom stereocenters. The van der Waals surface area contributed by atoms with E-state index in [-0.39, 0.29) is 103 Å². The van der Waals surface area contributed by atoms with E-state index < -0.39 is 144 Å². The summed E-state index contributed by atoms with van der Waals surface area (Å²) in [7, 11) is 0. The number of aromatic nitrogens is 2. The molecular weight excluding hydrogens is 1230 g/mol. The largest absolute Gasteiger partial charge is 0.481 e. The molecule has 0 aliphatic carbocycles. The Kier molecular flexibility index (Phi) is 24.1. The first-order chi connectivity index (χ1) is 46.3. The van der Waals surface area contributed by atoms with Crippen LogP contribution in [-0.2, 0) is 83.2 Å². The van der Waals surface area contributed by atoms with Gasteiger partial charge in [0.15, 0.2) is 0 Å². The summed E-state index contributed by atoms with van der Waals surface area (Å²) in [6.07, 6.45) is 1.59. The third-order valence-corrected chi connectivity index (χ3v) is 17.6. The van der Waals surface area contributed by atoms with Gasteiger partial charge < -0.3 is 84.6 Å². The number of aliphatic carboxylic acids is 1. The van der Waals surface area contributed by atoms with Gasteiger partial charge >= 0.3 is 5.97 Å². The Morgan fingerprint density at radius 2 is 0.750 bits per heavy atom. The van der Waals surface area contributed by atoms with Gasteiger partial charge in [-0.05, 0) is 98.8 Å². The number of nitrogens with one attached hydrogen (secondary N) is 10. The molecule has 11 amide bonds. The van der Waals surface area contributed by atoms with Crippen LogP contribution in [0.4, 0.5) is 0 Å². The second-order valence-corrected chi connectivity index (χ2v) is 24.5. The summed E-state index contributed by atoms with van der Waals surface area (Å²) < 4.78 is 0. The average molecular weight is 1320 g/mol. The smallest absolute Gasteiger partial charge is 0.305 e. The molecular formula is C68H83N15O13. The Labute approximate surface area is 553 Å². The van der Waals surface area contributed by atoms with Crippen molar-refractivity contribution in [2.45, 2.75) is 150 Å². The summed E-state index contributed by atoms with van der Waals surface area (Å²) in [6.45, 7) is -0.0455. The van der Waals surface area contributed by atoms with Crippen LogP contribution in [0, 0.1) is 0 Å². The van der Waals surface area contributed by atoms with Crippen molar-refractivity contribution in [1.82, 2.24) is 62.3 Å². The molecule has 0 bridgehead atoms. The first kappa shape index (κ1) is 69.9. The van der Waals surface area contributed by atoms with E-state index in [0.717, 1.165) is 4.90 Å². The third-order valence-electron chi connectivity index (χ3n) is 17.6. The van der Waals surface area contributed by atoms with Crippen molar-refractivity contribution >= 4 is 92.8 Å². The van der Waals surface area contributed by atoms with E-state index in [4.69, 9.17) is 17.2 Å². The molecule has 0 radical (unpaired) electrons. The number of amides is 11. The molecule has 4 aromatic carbocycles. The van der Waals surface area contributed by atoms with Gasteiger partial charge in [-0.1, -0.05) is 97.1 Å². The topological polar surface area (TPSA) is 437 Å². The number of carbonyl (C=O) groups is 12. The second-order valence-electron chi connectivity index (χ2n) is 24.5. The van der Waals surface area contributed by atoms with Crippen LogP contribution in [0.25, 0.3) is 21.8 Å². The van der Waals surface area contributed by atoms with E-state index in [1.807, 2.05) is 6.07 Å². The van der Waals surface area contributed by atoms with Gasteiger partial charge in [0.05, 0.1) is 12.8 Å². The molecule has 96 heavy (non-hydrogen) atoms. The lowest BCUT2D eigenvalue weighted by Gasteiger charge is -2.31. The molecule has 28 heteroatoms. The van der Waals surface area contributed by atoms with Crippen LogP contribution in [0.2, 0.25) is 0 Å². The van der Waals surface area contributed by atoms with Gasteiger partial charge in [0.25, 0.3) is 0 Å². The highest BCUT2D eigenvalue weighted by atomic mass is 16.4. The number of aromatic amines is 2. The number of H-pyrrole nitrogens is 2. The van der Waals surface area contributed by atoms with Crippen molar-refractivity contribution in [1.29, 1.82) is 0 Å². The van der Waals surface area contributed by atoms with E-state index in [1.165, 1.54) is 4.90 Å². The second kappa shape index (κ2) is 33.1. The van der Waals surface area contributed by atoms with E-state index in [1.54, 1.807) is 116 Å². The Morgan fingerprint density at radius 3 is 1.14 bits per heavy atom.